The van der Waals surface area contributed by atoms with Gasteiger partial charge in [-0.2, -0.15) is 0 Å². The maximum Gasteiger partial charge on any atom is 0.144 e. The molecule has 3 N–H and O–H groups in total. The molecule has 1 saturated carbocycles. The van der Waals surface area contributed by atoms with Crippen LogP contribution in [-0.4, -0.2) is 11.7 Å². The first kappa shape index (κ1) is 10.9. The van der Waals surface area contributed by atoms with E-state index < -0.39 is 0 Å². The van der Waals surface area contributed by atoms with Gasteiger partial charge in [-0.25, -0.2) is 4.39 Å². The highest BCUT2D eigenvalue weighted by Crippen LogP contribution is 2.45. The Morgan fingerprint density at radius 3 is 2.60 bits per heavy atom. The number of hydrogen-bond acceptors (Lipinski definition) is 2. The third-order valence-corrected chi connectivity index (χ3v) is 4.09. The molecule has 82 valence electrons. The van der Waals surface area contributed by atoms with Crippen LogP contribution < -0.4 is 5.73 Å². The van der Waals surface area contributed by atoms with E-state index >= 15 is 0 Å². The first-order valence-electron chi connectivity index (χ1n) is 4.98. The van der Waals surface area contributed by atoms with Crippen molar-refractivity contribution in [3.8, 4) is 5.75 Å². The number of phenolic OH excluding ortho intramolecular Hbond substituents is 1. The van der Waals surface area contributed by atoms with E-state index in [4.69, 9.17) is 5.73 Å². The highest BCUT2D eigenvalue weighted by molar-refractivity contribution is 9.10. The van der Waals surface area contributed by atoms with Crippen molar-refractivity contribution in [2.75, 3.05) is 6.54 Å². The van der Waals surface area contributed by atoms with Crippen LogP contribution in [0.2, 0.25) is 0 Å². The van der Waals surface area contributed by atoms with Gasteiger partial charge in [0.05, 0.1) is 4.47 Å². The summed E-state index contributed by atoms with van der Waals surface area (Å²) in [5.74, 6) is -0.442. The van der Waals surface area contributed by atoms with Gasteiger partial charge in [0.1, 0.15) is 11.6 Å². The lowest BCUT2D eigenvalue weighted by Gasteiger charge is -2.41. The number of phenols is 1. The maximum absolute atomic E-state index is 13.9. The number of benzene rings is 1. The first-order chi connectivity index (χ1) is 7.10. The third-order valence-electron chi connectivity index (χ3n) is 3.33. The van der Waals surface area contributed by atoms with Crippen molar-refractivity contribution in [1.82, 2.24) is 0 Å². The van der Waals surface area contributed by atoms with Crippen LogP contribution in [0.4, 0.5) is 4.39 Å². The fourth-order valence-electron chi connectivity index (χ4n) is 2.14. The summed E-state index contributed by atoms with van der Waals surface area (Å²) < 4.78 is 14.0. The van der Waals surface area contributed by atoms with E-state index in [9.17, 15) is 9.50 Å². The van der Waals surface area contributed by atoms with Gasteiger partial charge < -0.3 is 10.8 Å². The lowest BCUT2D eigenvalue weighted by Crippen LogP contribution is -2.42. The lowest BCUT2D eigenvalue weighted by atomic mass is 9.64. The van der Waals surface area contributed by atoms with Gasteiger partial charge in [-0.1, -0.05) is 12.5 Å². The van der Waals surface area contributed by atoms with Gasteiger partial charge in [0.25, 0.3) is 0 Å². The fraction of sp³-hybridized carbons (Fsp3) is 0.455. The summed E-state index contributed by atoms with van der Waals surface area (Å²) in [6.07, 6.45) is 2.95. The molecule has 0 amide bonds. The van der Waals surface area contributed by atoms with Gasteiger partial charge >= 0.3 is 0 Å². The summed E-state index contributed by atoms with van der Waals surface area (Å²) in [7, 11) is 0. The highest BCUT2D eigenvalue weighted by atomic mass is 79.9. The Balaban J connectivity index is 2.49. The zero-order chi connectivity index (χ0) is 11.1. The quantitative estimate of drug-likeness (QED) is 0.871. The third kappa shape index (κ3) is 1.56. The molecule has 0 saturated heterocycles. The second kappa shape index (κ2) is 3.76. The van der Waals surface area contributed by atoms with Crippen LogP contribution in [0.3, 0.4) is 0 Å². The van der Waals surface area contributed by atoms with Crippen LogP contribution in [0.15, 0.2) is 16.6 Å². The topological polar surface area (TPSA) is 46.2 Å². The average Bonchev–Trinajstić information content (AvgIpc) is 2.17. The molecule has 2 nitrogen and oxygen atoms in total. The van der Waals surface area contributed by atoms with Gasteiger partial charge in [-0.3, -0.25) is 0 Å². The van der Waals surface area contributed by atoms with Gasteiger partial charge in [0.2, 0.25) is 0 Å². The Bertz CT molecular complexity index is 385. The van der Waals surface area contributed by atoms with E-state index in [0.29, 0.717) is 12.1 Å². The maximum atomic E-state index is 13.9. The van der Waals surface area contributed by atoms with Crippen molar-refractivity contribution in [2.45, 2.75) is 24.7 Å². The average molecular weight is 274 g/mol. The van der Waals surface area contributed by atoms with Crippen LogP contribution in [0.1, 0.15) is 24.8 Å². The second-order valence-electron chi connectivity index (χ2n) is 4.10. The van der Waals surface area contributed by atoms with Gasteiger partial charge in [-0.05, 0) is 40.4 Å². The molecule has 0 unspecified atom stereocenters. The van der Waals surface area contributed by atoms with Crippen molar-refractivity contribution in [3.63, 3.8) is 0 Å². The Morgan fingerprint density at radius 2 is 2.13 bits per heavy atom. The van der Waals surface area contributed by atoms with Crippen LogP contribution in [0, 0.1) is 5.82 Å². The van der Waals surface area contributed by atoms with E-state index in [1.807, 2.05) is 0 Å². The van der Waals surface area contributed by atoms with Crippen molar-refractivity contribution in [2.24, 2.45) is 5.73 Å². The Labute approximate surface area is 96.4 Å². The second-order valence-corrected chi connectivity index (χ2v) is 4.89. The van der Waals surface area contributed by atoms with Crippen molar-refractivity contribution < 1.29 is 9.50 Å². The monoisotopic (exact) mass is 273 g/mol. The molecule has 15 heavy (non-hydrogen) atoms. The predicted molar refractivity (Wildman–Crippen MR) is 60.3 cm³/mol. The molecule has 0 radical (unpaired) electrons. The lowest BCUT2D eigenvalue weighted by molar-refractivity contribution is 0.244. The highest BCUT2D eigenvalue weighted by Gasteiger charge is 2.39. The molecular weight excluding hydrogens is 261 g/mol. The summed E-state index contributed by atoms with van der Waals surface area (Å²) in [5.41, 5.74) is 6.13. The molecule has 1 aromatic carbocycles. The minimum absolute atomic E-state index is 0.0669. The zero-order valence-electron chi connectivity index (χ0n) is 8.26. The molecule has 0 aliphatic heterocycles. The molecule has 1 aliphatic rings. The van der Waals surface area contributed by atoms with E-state index in [0.717, 1.165) is 19.3 Å². The molecule has 0 aromatic heterocycles. The SMILES string of the molecule is NCC1(c2ccc(O)c(Br)c2F)CCC1. The molecular formula is C11H13BrFNO. The molecule has 0 atom stereocenters. The van der Waals surface area contributed by atoms with Crippen LogP contribution in [0.5, 0.6) is 5.75 Å². The molecule has 1 fully saturated rings. The number of halogens is 2. The summed E-state index contributed by atoms with van der Waals surface area (Å²) >= 11 is 3.04. The van der Waals surface area contributed by atoms with Crippen molar-refractivity contribution in [3.05, 3.63) is 28.0 Å². The number of rotatable bonds is 2. The zero-order valence-corrected chi connectivity index (χ0v) is 9.85. The molecule has 0 spiro atoms. The molecule has 0 heterocycles. The number of hydrogen-bond donors (Lipinski definition) is 2. The molecule has 0 bridgehead atoms. The Kier molecular flexibility index (Phi) is 2.73. The minimum atomic E-state index is -0.375. The van der Waals surface area contributed by atoms with Crippen LogP contribution in [-0.2, 0) is 5.41 Å². The smallest absolute Gasteiger partial charge is 0.144 e. The Hall–Kier alpha value is -0.610. The summed E-state index contributed by atoms with van der Waals surface area (Å²) in [6.45, 7) is 0.459. The normalized spacial score (nSPS) is 18.6. The largest absolute Gasteiger partial charge is 0.507 e. The van der Waals surface area contributed by atoms with Crippen LogP contribution >= 0.6 is 15.9 Å². The van der Waals surface area contributed by atoms with Crippen molar-refractivity contribution >= 4 is 15.9 Å². The van der Waals surface area contributed by atoms with Gasteiger partial charge in [0, 0.05) is 12.0 Å². The first-order valence-corrected chi connectivity index (χ1v) is 5.77. The fourth-order valence-corrected chi connectivity index (χ4v) is 2.48. The summed E-state index contributed by atoms with van der Waals surface area (Å²) in [4.78, 5) is 0. The van der Waals surface area contributed by atoms with E-state index in [1.165, 1.54) is 6.07 Å². The van der Waals surface area contributed by atoms with E-state index in [1.54, 1.807) is 6.07 Å². The predicted octanol–water partition coefficient (Wildman–Crippen LogP) is 2.67. The standard InChI is InChI=1S/C11H13BrFNO/c12-9-8(15)3-2-7(10(9)13)11(6-14)4-1-5-11/h2-3,15H,1,4-6,14H2. The van der Waals surface area contributed by atoms with Gasteiger partial charge in [0.15, 0.2) is 0 Å². The molecule has 1 aromatic rings. The van der Waals surface area contributed by atoms with E-state index in [-0.39, 0.29) is 21.5 Å². The van der Waals surface area contributed by atoms with E-state index in [2.05, 4.69) is 15.9 Å². The minimum Gasteiger partial charge on any atom is -0.507 e. The van der Waals surface area contributed by atoms with Gasteiger partial charge in [-0.15, -0.1) is 0 Å². The molecule has 1 aliphatic carbocycles. The molecule has 4 heteroatoms. The number of aromatic hydroxyl groups is 1. The summed E-state index contributed by atoms with van der Waals surface area (Å²) in [5, 5.41) is 9.34. The van der Waals surface area contributed by atoms with Crippen LogP contribution in [0.25, 0.3) is 0 Å². The molecule has 2 rings (SSSR count). The Morgan fingerprint density at radius 1 is 1.47 bits per heavy atom. The summed E-state index contributed by atoms with van der Waals surface area (Å²) in [6, 6.07) is 3.15. The number of nitrogens with two attached hydrogens (primary N) is 1. The van der Waals surface area contributed by atoms with Crippen molar-refractivity contribution in [1.29, 1.82) is 0 Å².